The highest BCUT2D eigenvalue weighted by atomic mass is 35.5. The number of carbonyl (C=O) groups is 1. The molecule has 0 fully saturated rings. The lowest BCUT2D eigenvalue weighted by molar-refractivity contribution is -0.115. The van der Waals surface area contributed by atoms with Gasteiger partial charge in [-0.3, -0.25) is 10.1 Å². The lowest BCUT2D eigenvalue weighted by atomic mass is 10.1. The molecule has 1 aliphatic heterocycles. The van der Waals surface area contributed by atoms with Crippen LogP contribution in [0.15, 0.2) is 35.0 Å². The number of rotatable bonds is 1. The molecule has 6 heteroatoms. The van der Waals surface area contributed by atoms with E-state index in [0.29, 0.717) is 10.6 Å². The lowest BCUT2D eigenvalue weighted by Gasteiger charge is -2.00. The summed E-state index contributed by atoms with van der Waals surface area (Å²) >= 11 is 5.75. The Morgan fingerprint density at radius 3 is 2.53 bits per heavy atom. The van der Waals surface area contributed by atoms with E-state index in [0.717, 1.165) is 0 Å². The molecule has 1 heterocycles. The summed E-state index contributed by atoms with van der Waals surface area (Å²) in [6.07, 6.45) is 0. The highest BCUT2D eigenvalue weighted by molar-refractivity contribution is 6.30. The highest BCUT2D eigenvalue weighted by Gasteiger charge is 2.23. The number of aliphatic imine (C=N–C) groups is 1. The smallest absolute Gasteiger partial charge is 0.278 e. The molecule has 1 aromatic carbocycles. The van der Waals surface area contributed by atoms with Crippen LogP contribution in [-0.2, 0) is 4.79 Å². The Hall–Kier alpha value is -2.32. The van der Waals surface area contributed by atoms with Gasteiger partial charge in [-0.25, -0.2) is 4.99 Å². The number of benzene rings is 1. The fraction of sp³-hybridized carbons (Fsp3) is 0. The van der Waals surface area contributed by atoms with Gasteiger partial charge in [0.25, 0.3) is 5.91 Å². The molecule has 0 saturated heterocycles. The number of halogens is 1. The standard InChI is InChI=1S/C11H7ClN4O/c12-7-3-1-6(2-4-7)8(5-13)9-10(17)16-11(14)15-9/h1-4H,(H3,14,15,16,17)/b9-8-. The van der Waals surface area contributed by atoms with Gasteiger partial charge in [0.1, 0.15) is 6.07 Å². The first-order valence-corrected chi connectivity index (χ1v) is 5.05. The molecule has 0 bridgehead atoms. The van der Waals surface area contributed by atoms with Crippen molar-refractivity contribution in [2.24, 2.45) is 10.7 Å². The molecule has 0 aromatic heterocycles. The molecule has 0 aliphatic carbocycles. The van der Waals surface area contributed by atoms with Crippen LogP contribution in [0.5, 0.6) is 0 Å². The molecule has 84 valence electrons. The summed E-state index contributed by atoms with van der Waals surface area (Å²) in [5.74, 6) is -0.485. The fourth-order valence-corrected chi connectivity index (χ4v) is 1.54. The summed E-state index contributed by atoms with van der Waals surface area (Å²) in [4.78, 5) is 15.3. The number of nitrogens with zero attached hydrogens (tertiary/aromatic N) is 2. The van der Waals surface area contributed by atoms with Gasteiger partial charge >= 0.3 is 0 Å². The number of nitrogens with one attached hydrogen (secondary N) is 1. The van der Waals surface area contributed by atoms with Crippen molar-refractivity contribution in [2.75, 3.05) is 0 Å². The molecule has 0 radical (unpaired) electrons. The van der Waals surface area contributed by atoms with Crippen molar-refractivity contribution in [3.63, 3.8) is 0 Å². The van der Waals surface area contributed by atoms with Crippen molar-refractivity contribution in [3.05, 3.63) is 40.5 Å². The Labute approximate surface area is 102 Å². The van der Waals surface area contributed by atoms with Crippen molar-refractivity contribution < 1.29 is 4.79 Å². The van der Waals surface area contributed by atoms with Crippen LogP contribution in [0, 0.1) is 11.3 Å². The largest absolute Gasteiger partial charge is 0.369 e. The van der Waals surface area contributed by atoms with Crippen LogP contribution >= 0.6 is 11.6 Å². The maximum absolute atomic E-state index is 11.5. The highest BCUT2D eigenvalue weighted by Crippen LogP contribution is 2.22. The molecule has 0 unspecified atom stereocenters. The van der Waals surface area contributed by atoms with Gasteiger partial charge in [0, 0.05) is 5.02 Å². The van der Waals surface area contributed by atoms with Gasteiger partial charge in [-0.1, -0.05) is 23.7 Å². The number of amides is 1. The zero-order chi connectivity index (χ0) is 12.4. The maximum Gasteiger partial charge on any atom is 0.278 e. The van der Waals surface area contributed by atoms with Gasteiger partial charge < -0.3 is 5.73 Å². The fourth-order valence-electron chi connectivity index (χ4n) is 1.41. The van der Waals surface area contributed by atoms with E-state index in [1.807, 2.05) is 6.07 Å². The first-order valence-electron chi connectivity index (χ1n) is 4.67. The first kappa shape index (κ1) is 11.2. The normalized spacial score (nSPS) is 17.2. The summed E-state index contributed by atoms with van der Waals surface area (Å²) in [6, 6.07) is 8.50. The van der Waals surface area contributed by atoms with E-state index >= 15 is 0 Å². The Morgan fingerprint density at radius 2 is 2.06 bits per heavy atom. The van der Waals surface area contributed by atoms with Crippen LogP contribution in [0.3, 0.4) is 0 Å². The van der Waals surface area contributed by atoms with Gasteiger partial charge in [0.15, 0.2) is 5.70 Å². The number of hydrogen-bond donors (Lipinski definition) is 2. The summed E-state index contributed by atoms with van der Waals surface area (Å²) < 4.78 is 0. The molecule has 3 N–H and O–H groups in total. The van der Waals surface area contributed by atoms with E-state index in [1.54, 1.807) is 24.3 Å². The molecular formula is C11H7ClN4O. The number of carbonyl (C=O) groups excluding carboxylic acids is 1. The molecule has 17 heavy (non-hydrogen) atoms. The monoisotopic (exact) mass is 246 g/mol. The second-order valence-corrected chi connectivity index (χ2v) is 3.73. The first-order chi connectivity index (χ1) is 8.11. The van der Waals surface area contributed by atoms with Gasteiger partial charge in [-0.2, -0.15) is 5.26 Å². The minimum Gasteiger partial charge on any atom is -0.369 e. The molecule has 0 spiro atoms. The summed E-state index contributed by atoms with van der Waals surface area (Å²) in [7, 11) is 0. The molecule has 1 aromatic rings. The lowest BCUT2D eigenvalue weighted by Crippen LogP contribution is -2.30. The summed E-state index contributed by atoms with van der Waals surface area (Å²) in [5, 5.41) is 11.9. The number of allylic oxidation sites excluding steroid dienone is 1. The van der Waals surface area contributed by atoms with Crippen LogP contribution in [0.4, 0.5) is 0 Å². The Balaban J connectivity index is 2.55. The Kier molecular flexibility index (Phi) is 2.81. The van der Waals surface area contributed by atoms with Gasteiger partial charge in [0.05, 0.1) is 5.57 Å². The third-order valence-electron chi connectivity index (χ3n) is 2.17. The zero-order valence-electron chi connectivity index (χ0n) is 8.57. The van der Waals surface area contributed by atoms with Crippen LogP contribution < -0.4 is 11.1 Å². The molecule has 1 amide bonds. The summed E-state index contributed by atoms with van der Waals surface area (Å²) in [5.41, 5.74) is 6.12. The van der Waals surface area contributed by atoms with Gasteiger partial charge in [-0.15, -0.1) is 0 Å². The van der Waals surface area contributed by atoms with Gasteiger partial charge in [-0.05, 0) is 17.7 Å². The van der Waals surface area contributed by atoms with Crippen LogP contribution in [0.2, 0.25) is 5.02 Å². The van der Waals surface area contributed by atoms with E-state index in [9.17, 15) is 4.79 Å². The van der Waals surface area contributed by atoms with Crippen molar-refractivity contribution in [2.45, 2.75) is 0 Å². The quantitative estimate of drug-likeness (QED) is 0.572. The van der Waals surface area contributed by atoms with E-state index in [4.69, 9.17) is 22.6 Å². The third kappa shape index (κ3) is 2.12. The van der Waals surface area contributed by atoms with E-state index in [-0.39, 0.29) is 17.2 Å². The zero-order valence-corrected chi connectivity index (χ0v) is 9.32. The molecule has 5 nitrogen and oxygen atoms in total. The Bertz CT molecular complexity index is 580. The van der Waals surface area contributed by atoms with Crippen LogP contribution in [0.1, 0.15) is 5.56 Å². The number of nitrogens with two attached hydrogens (primary N) is 1. The van der Waals surface area contributed by atoms with Crippen molar-refractivity contribution >= 4 is 29.0 Å². The van der Waals surface area contributed by atoms with E-state index in [2.05, 4.69) is 10.3 Å². The second kappa shape index (κ2) is 4.28. The molecule has 2 rings (SSSR count). The average molecular weight is 247 g/mol. The van der Waals surface area contributed by atoms with E-state index < -0.39 is 5.91 Å². The molecule has 1 aliphatic rings. The number of hydrogen-bond acceptors (Lipinski definition) is 4. The SMILES string of the molecule is N#C/C(=C1/N=C(N)NC1=O)c1ccc(Cl)cc1. The summed E-state index contributed by atoms with van der Waals surface area (Å²) in [6.45, 7) is 0. The molecule has 0 atom stereocenters. The van der Waals surface area contributed by atoms with Crippen molar-refractivity contribution in [1.29, 1.82) is 5.26 Å². The van der Waals surface area contributed by atoms with Crippen LogP contribution in [0.25, 0.3) is 5.57 Å². The average Bonchev–Trinajstić information content (AvgIpc) is 2.62. The second-order valence-electron chi connectivity index (χ2n) is 3.29. The third-order valence-corrected chi connectivity index (χ3v) is 2.42. The maximum atomic E-state index is 11.5. The van der Waals surface area contributed by atoms with Crippen LogP contribution in [-0.4, -0.2) is 11.9 Å². The van der Waals surface area contributed by atoms with Gasteiger partial charge in [0.2, 0.25) is 5.96 Å². The number of guanidine groups is 1. The van der Waals surface area contributed by atoms with Crippen molar-refractivity contribution in [1.82, 2.24) is 5.32 Å². The molecule has 0 saturated carbocycles. The minimum atomic E-state index is -0.478. The topological polar surface area (TPSA) is 91.3 Å². The predicted octanol–water partition coefficient (Wildman–Crippen LogP) is 1.02. The number of nitriles is 1. The minimum absolute atomic E-state index is 0.00767. The van der Waals surface area contributed by atoms with Crippen molar-refractivity contribution in [3.8, 4) is 6.07 Å². The Morgan fingerprint density at radius 1 is 1.41 bits per heavy atom. The van der Waals surface area contributed by atoms with E-state index in [1.165, 1.54) is 0 Å². The molecular weight excluding hydrogens is 240 g/mol. The predicted molar refractivity (Wildman–Crippen MR) is 63.8 cm³/mol.